The Kier molecular flexibility index (Phi) is 2.59. The number of benzene rings is 1. The first-order valence-corrected chi connectivity index (χ1v) is 7.60. The second-order valence-corrected chi connectivity index (χ2v) is 8.41. The van der Waals surface area contributed by atoms with Crippen LogP contribution < -0.4 is 4.90 Å². The van der Waals surface area contributed by atoms with Crippen LogP contribution in [-0.4, -0.2) is 12.1 Å². The van der Waals surface area contributed by atoms with Gasteiger partial charge in [0.15, 0.2) is 0 Å². The molecule has 0 N–H and O–H groups in total. The third kappa shape index (κ3) is 2.17. The van der Waals surface area contributed by atoms with E-state index in [9.17, 15) is 0 Å². The summed E-state index contributed by atoms with van der Waals surface area (Å²) in [7, 11) is 0. The molecule has 1 saturated carbocycles. The van der Waals surface area contributed by atoms with Crippen LogP contribution in [0.1, 0.15) is 65.0 Å². The van der Waals surface area contributed by atoms with Gasteiger partial charge >= 0.3 is 0 Å². The smallest absolute Gasteiger partial charge is 0.0406 e. The Morgan fingerprint density at radius 2 is 1.74 bits per heavy atom. The minimum Gasteiger partial charge on any atom is -0.366 e. The van der Waals surface area contributed by atoms with Gasteiger partial charge < -0.3 is 4.90 Å². The fraction of sp³-hybridized carbons (Fsp3) is 0.667. The van der Waals surface area contributed by atoms with E-state index in [-0.39, 0.29) is 11.0 Å². The minimum atomic E-state index is 0.228. The van der Waals surface area contributed by atoms with Crippen molar-refractivity contribution in [1.29, 1.82) is 0 Å². The zero-order chi connectivity index (χ0) is 14.0. The number of hydrogen-bond donors (Lipinski definition) is 0. The van der Waals surface area contributed by atoms with E-state index >= 15 is 0 Å². The maximum atomic E-state index is 2.61. The molecule has 1 fully saturated rings. The van der Waals surface area contributed by atoms with Crippen LogP contribution in [0.4, 0.5) is 5.69 Å². The molecule has 0 aromatic heterocycles. The number of hydrogen-bond acceptors (Lipinski definition) is 1. The van der Waals surface area contributed by atoms with E-state index in [0.717, 1.165) is 11.8 Å². The van der Waals surface area contributed by atoms with Gasteiger partial charge in [-0.1, -0.05) is 32.9 Å². The molecule has 1 heteroatoms. The van der Waals surface area contributed by atoms with Crippen LogP contribution in [0.25, 0.3) is 0 Å². The quantitative estimate of drug-likeness (QED) is 0.651. The molecule has 1 heterocycles. The molecule has 0 spiro atoms. The molecule has 0 amide bonds. The molecule has 1 aliphatic carbocycles. The monoisotopic (exact) mass is 257 g/mol. The Morgan fingerprint density at radius 1 is 1.05 bits per heavy atom. The van der Waals surface area contributed by atoms with Crippen molar-refractivity contribution in [2.24, 2.45) is 5.92 Å². The fourth-order valence-corrected chi connectivity index (χ4v) is 3.36. The molecule has 1 aromatic carbocycles. The van der Waals surface area contributed by atoms with Crippen molar-refractivity contribution in [2.75, 3.05) is 11.4 Å². The van der Waals surface area contributed by atoms with Gasteiger partial charge in [-0.15, -0.1) is 0 Å². The molecule has 1 aliphatic heterocycles. The highest BCUT2D eigenvalue weighted by molar-refractivity contribution is 5.63. The number of rotatable bonds is 0. The Bertz CT molecular complexity index is 501. The van der Waals surface area contributed by atoms with E-state index in [1.807, 2.05) is 0 Å². The first-order chi connectivity index (χ1) is 8.68. The second kappa shape index (κ2) is 3.77. The summed E-state index contributed by atoms with van der Waals surface area (Å²) in [5, 5.41) is 0. The summed E-state index contributed by atoms with van der Waals surface area (Å²) in [6.07, 6.45) is 1.40. The van der Waals surface area contributed by atoms with Gasteiger partial charge in [0.1, 0.15) is 0 Å². The summed E-state index contributed by atoms with van der Waals surface area (Å²) in [5.74, 6) is 1.75. The van der Waals surface area contributed by atoms with E-state index < -0.39 is 0 Å². The zero-order valence-corrected chi connectivity index (χ0v) is 13.2. The molecule has 19 heavy (non-hydrogen) atoms. The highest BCUT2D eigenvalue weighted by atomic mass is 15.2. The Morgan fingerprint density at radius 3 is 2.32 bits per heavy atom. The maximum Gasteiger partial charge on any atom is 0.0406 e. The van der Waals surface area contributed by atoms with E-state index in [1.54, 1.807) is 5.56 Å². The van der Waals surface area contributed by atoms with Gasteiger partial charge in [-0.3, -0.25) is 0 Å². The average molecular weight is 257 g/mol. The summed E-state index contributed by atoms with van der Waals surface area (Å²) in [4.78, 5) is 2.61. The van der Waals surface area contributed by atoms with Gasteiger partial charge in [0.2, 0.25) is 0 Å². The summed E-state index contributed by atoms with van der Waals surface area (Å²) in [6.45, 7) is 15.2. The SMILES string of the molecule is CC(C)(C)c1ccc2c(c1)[C@H]1C[C@H]1CN2C(C)(C)C. The van der Waals surface area contributed by atoms with Crippen LogP contribution in [0.5, 0.6) is 0 Å². The normalized spacial score (nSPS) is 25.9. The fourth-order valence-electron chi connectivity index (χ4n) is 3.36. The van der Waals surface area contributed by atoms with Gasteiger partial charge in [-0.25, -0.2) is 0 Å². The van der Waals surface area contributed by atoms with Crippen LogP contribution in [-0.2, 0) is 5.41 Å². The van der Waals surface area contributed by atoms with Crippen molar-refractivity contribution >= 4 is 5.69 Å². The highest BCUT2D eigenvalue weighted by Gasteiger charge is 2.47. The van der Waals surface area contributed by atoms with Crippen LogP contribution in [0.2, 0.25) is 0 Å². The van der Waals surface area contributed by atoms with Crippen molar-refractivity contribution in [3.63, 3.8) is 0 Å². The lowest BCUT2D eigenvalue weighted by molar-refractivity contribution is 0.477. The van der Waals surface area contributed by atoms with Gasteiger partial charge in [-0.05, 0) is 61.6 Å². The summed E-state index contributed by atoms with van der Waals surface area (Å²) >= 11 is 0. The van der Waals surface area contributed by atoms with Crippen molar-refractivity contribution in [3.8, 4) is 0 Å². The molecular formula is C18H27N. The lowest BCUT2D eigenvalue weighted by atomic mass is 9.84. The lowest BCUT2D eigenvalue weighted by Crippen LogP contribution is -2.44. The van der Waals surface area contributed by atoms with E-state index in [4.69, 9.17) is 0 Å². The Balaban J connectivity index is 2.07. The van der Waals surface area contributed by atoms with Gasteiger partial charge in [-0.2, -0.15) is 0 Å². The summed E-state index contributed by atoms with van der Waals surface area (Å²) in [5.41, 5.74) is 5.06. The summed E-state index contributed by atoms with van der Waals surface area (Å²) in [6, 6.07) is 7.19. The van der Waals surface area contributed by atoms with Crippen LogP contribution >= 0.6 is 0 Å². The number of nitrogens with zero attached hydrogens (tertiary/aromatic N) is 1. The van der Waals surface area contributed by atoms with Crippen molar-refractivity contribution in [3.05, 3.63) is 29.3 Å². The average Bonchev–Trinajstić information content (AvgIpc) is 3.03. The zero-order valence-electron chi connectivity index (χ0n) is 13.2. The molecule has 0 unspecified atom stereocenters. The Labute approximate surface area is 118 Å². The van der Waals surface area contributed by atoms with Crippen molar-refractivity contribution in [2.45, 2.75) is 64.8 Å². The molecule has 2 aliphatic rings. The van der Waals surface area contributed by atoms with Gasteiger partial charge in [0, 0.05) is 17.8 Å². The molecule has 1 nitrogen and oxygen atoms in total. The lowest BCUT2D eigenvalue weighted by Gasteiger charge is -2.42. The second-order valence-electron chi connectivity index (χ2n) is 8.41. The minimum absolute atomic E-state index is 0.228. The predicted octanol–water partition coefficient (Wildman–Crippen LogP) is 4.71. The van der Waals surface area contributed by atoms with E-state index in [2.05, 4.69) is 64.6 Å². The first kappa shape index (κ1) is 13.0. The molecule has 0 bridgehead atoms. The third-order valence-electron chi connectivity index (χ3n) is 4.73. The molecule has 104 valence electrons. The maximum absolute atomic E-state index is 2.61. The summed E-state index contributed by atoms with van der Waals surface area (Å²) < 4.78 is 0. The topological polar surface area (TPSA) is 3.24 Å². The molecule has 0 radical (unpaired) electrons. The molecule has 2 atom stereocenters. The molecular weight excluding hydrogens is 230 g/mol. The number of anilines is 1. The molecule has 0 saturated heterocycles. The predicted molar refractivity (Wildman–Crippen MR) is 83.1 cm³/mol. The van der Waals surface area contributed by atoms with E-state index in [1.165, 1.54) is 24.2 Å². The highest BCUT2D eigenvalue weighted by Crippen LogP contribution is 2.56. The van der Waals surface area contributed by atoms with Gasteiger partial charge in [0.05, 0.1) is 0 Å². The van der Waals surface area contributed by atoms with Crippen LogP contribution in [0.15, 0.2) is 18.2 Å². The van der Waals surface area contributed by atoms with Crippen LogP contribution in [0.3, 0.4) is 0 Å². The molecule has 3 rings (SSSR count). The van der Waals surface area contributed by atoms with Gasteiger partial charge in [0.25, 0.3) is 0 Å². The van der Waals surface area contributed by atoms with Crippen LogP contribution in [0, 0.1) is 5.92 Å². The number of fused-ring (bicyclic) bond motifs is 3. The first-order valence-electron chi connectivity index (χ1n) is 7.60. The standard InChI is InChI=1S/C18H27N/c1-17(2,3)13-7-8-16-15(10-13)14-9-12(14)11-19(16)18(4,5)6/h7-8,10,12,14H,9,11H2,1-6H3/t12-,14-/m0/s1. The Hall–Kier alpha value is -0.980. The largest absolute Gasteiger partial charge is 0.366 e. The third-order valence-corrected chi connectivity index (χ3v) is 4.73. The van der Waals surface area contributed by atoms with Crippen molar-refractivity contribution in [1.82, 2.24) is 0 Å². The van der Waals surface area contributed by atoms with Crippen molar-refractivity contribution < 1.29 is 0 Å². The van der Waals surface area contributed by atoms with E-state index in [0.29, 0.717) is 0 Å². The molecule has 1 aromatic rings.